The molecule has 0 bridgehead atoms. The lowest BCUT2D eigenvalue weighted by molar-refractivity contribution is 0.242. The van der Waals surface area contributed by atoms with Crippen LogP contribution < -0.4 is 30.1 Å². The van der Waals surface area contributed by atoms with Gasteiger partial charge in [-0.25, -0.2) is 15.6 Å². The summed E-state index contributed by atoms with van der Waals surface area (Å²) in [4.78, 5) is 16.5. The van der Waals surface area contributed by atoms with Crippen LogP contribution in [-0.4, -0.2) is 58.9 Å². The summed E-state index contributed by atoms with van der Waals surface area (Å²) < 4.78 is 10.9. The molecule has 0 unspecified atom stereocenters. The van der Waals surface area contributed by atoms with Gasteiger partial charge in [-0.05, 0) is 52.0 Å². The summed E-state index contributed by atoms with van der Waals surface area (Å²) in [5, 5.41) is 7.98. The summed E-state index contributed by atoms with van der Waals surface area (Å²) in [7, 11) is 3.22. The maximum absolute atomic E-state index is 12.0. The van der Waals surface area contributed by atoms with Crippen LogP contribution in [-0.2, 0) is 0 Å². The highest BCUT2D eigenvalue weighted by Crippen LogP contribution is 2.25. The van der Waals surface area contributed by atoms with Crippen molar-refractivity contribution in [3.63, 3.8) is 0 Å². The number of hydrogen-bond acceptors (Lipinski definition) is 7. The van der Waals surface area contributed by atoms with Gasteiger partial charge >= 0.3 is 6.03 Å². The SMILES string of the molecule is CCN(CC)c1ccc(/C=N/NC(=O)N/N=C/c2ccc(N(CC)CC)cc2OC)c(OC)c1. The summed E-state index contributed by atoms with van der Waals surface area (Å²) >= 11 is 0. The number of urea groups is 1. The smallest absolute Gasteiger partial charge is 0.355 e. The van der Waals surface area contributed by atoms with Crippen molar-refractivity contribution in [2.45, 2.75) is 27.7 Å². The number of carbonyl (C=O) groups is 1. The number of anilines is 2. The van der Waals surface area contributed by atoms with Crippen LogP contribution in [0.1, 0.15) is 38.8 Å². The van der Waals surface area contributed by atoms with E-state index in [-0.39, 0.29) is 0 Å². The highest BCUT2D eigenvalue weighted by atomic mass is 16.5. The Kier molecular flexibility index (Phi) is 10.7. The van der Waals surface area contributed by atoms with E-state index < -0.39 is 6.03 Å². The Morgan fingerprint density at radius 1 is 0.765 bits per heavy atom. The van der Waals surface area contributed by atoms with Gasteiger partial charge in [0.1, 0.15) is 11.5 Å². The molecule has 0 heterocycles. The van der Waals surface area contributed by atoms with Crippen LogP contribution in [0.15, 0.2) is 46.6 Å². The first-order chi connectivity index (χ1) is 16.5. The van der Waals surface area contributed by atoms with Crippen molar-refractivity contribution in [2.24, 2.45) is 10.2 Å². The fourth-order valence-corrected chi connectivity index (χ4v) is 3.53. The largest absolute Gasteiger partial charge is 0.496 e. The third-order valence-corrected chi connectivity index (χ3v) is 5.43. The second-order valence-electron chi connectivity index (χ2n) is 7.27. The molecule has 2 aromatic rings. The molecule has 2 rings (SSSR count). The Bertz CT molecular complexity index is 907. The minimum atomic E-state index is -0.565. The van der Waals surface area contributed by atoms with Gasteiger partial charge in [0.25, 0.3) is 0 Å². The van der Waals surface area contributed by atoms with Crippen molar-refractivity contribution < 1.29 is 14.3 Å². The van der Waals surface area contributed by atoms with Crippen molar-refractivity contribution in [2.75, 3.05) is 50.2 Å². The van der Waals surface area contributed by atoms with Crippen LogP contribution >= 0.6 is 0 Å². The van der Waals surface area contributed by atoms with Gasteiger partial charge in [0.15, 0.2) is 0 Å². The summed E-state index contributed by atoms with van der Waals surface area (Å²) in [5.74, 6) is 1.35. The van der Waals surface area contributed by atoms with Crippen molar-refractivity contribution in [3.8, 4) is 11.5 Å². The maximum Gasteiger partial charge on any atom is 0.355 e. The van der Waals surface area contributed by atoms with Gasteiger partial charge in [0.2, 0.25) is 0 Å². The Morgan fingerprint density at radius 2 is 1.15 bits per heavy atom. The zero-order valence-electron chi connectivity index (χ0n) is 21.0. The Labute approximate surface area is 202 Å². The van der Waals surface area contributed by atoms with Crippen molar-refractivity contribution >= 4 is 29.8 Å². The van der Waals surface area contributed by atoms with E-state index in [9.17, 15) is 4.79 Å². The molecule has 0 saturated heterocycles. The molecule has 9 nitrogen and oxygen atoms in total. The zero-order chi connectivity index (χ0) is 24.9. The van der Waals surface area contributed by atoms with Gasteiger partial charge in [-0.3, -0.25) is 0 Å². The molecule has 0 aliphatic rings. The van der Waals surface area contributed by atoms with E-state index in [2.05, 4.69) is 58.5 Å². The molecule has 2 N–H and O–H groups in total. The van der Waals surface area contributed by atoms with Gasteiger partial charge < -0.3 is 19.3 Å². The molecule has 9 heteroatoms. The van der Waals surface area contributed by atoms with E-state index in [1.165, 1.54) is 12.4 Å². The number of amides is 2. The third kappa shape index (κ3) is 7.13. The standard InChI is InChI=1S/C25H36N6O3/c1-7-30(8-2)21-13-11-19(23(15-21)33-5)17-26-28-25(32)29-27-18-20-12-14-22(16-24(20)34-6)31(9-3)10-4/h11-18H,7-10H2,1-6H3,(H2,28,29,32)/b26-17+,27-18+. The summed E-state index contributed by atoms with van der Waals surface area (Å²) in [6, 6.07) is 11.2. The van der Waals surface area contributed by atoms with Crippen LogP contribution in [0.3, 0.4) is 0 Å². The molecule has 2 amide bonds. The van der Waals surface area contributed by atoms with Gasteiger partial charge in [-0.15, -0.1) is 0 Å². The highest BCUT2D eigenvalue weighted by molar-refractivity contribution is 5.87. The van der Waals surface area contributed by atoms with Crippen LogP contribution in [0, 0.1) is 0 Å². The average molecular weight is 469 g/mol. The van der Waals surface area contributed by atoms with Crippen molar-refractivity contribution in [1.29, 1.82) is 0 Å². The number of carbonyl (C=O) groups excluding carboxylic acids is 1. The molecular weight excluding hydrogens is 432 g/mol. The predicted octanol–water partition coefficient (Wildman–Crippen LogP) is 4.06. The Morgan fingerprint density at radius 3 is 1.47 bits per heavy atom. The Hall–Kier alpha value is -3.75. The number of ether oxygens (including phenoxy) is 2. The van der Waals surface area contributed by atoms with Crippen LogP contribution in [0.5, 0.6) is 11.5 Å². The molecule has 0 aliphatic heterocycles. The number of nitrogens with zero attached hydrogens (tertiary/aromatic N) is 4. The number of hydrogen-bond donors (Lipinski definition) is 2. The van der Waals surface area contributed by atoms with Gasteiger partial charge in [0.05, 0.1) is 26.6 Å². The summed E-state index contributed by atoms with van der Waals surface area (Å²) in [6.45, 7) is 12.0. The summed E-state index contributed by atoms with van der Waals surface area (Å²) in [5.41, 5.74) is 8.43. The molecule has 0 fully saturated rings. The predicted molar refractivity (Wildman–Crippen MR) is 140 cm³/mol. The van der Waals surface area contributed by atoms with Gasteiger partial charge in [-0.2, -0.15) is 10.2 Å². The van der Waals surface area contributed by atoms with E-state index in [0.29, 0.717) is 11.5 Å². The molecule has 0 radical (unpaired) electrons. The zero-order valence-corrected chi connectivity index (χ0v) is 21.0. The van der Waals surface area contributed by atoms with Crippen LogP contribution in [0.4, 0.5) is 16.2 Å². The van der Waals surface area contributed by atoms with E-state index in [1.54, 1.807) is 14.2 Å². The van der Waals surface area contributed by atoms with Gasteiger partial charge in [-0.1, -0.05) is 0 Å². The molecule has 0 aromatic heterocycles. The first-order valence-electron chi connectivity index (χ1n) is 11.5. The molecule has 184 valence electrons. The third-order valence-electron chi connectivity index (χ3n) is 5.43. The van der Waals surface area contributed by atoms with Crippen LogP contribution in [0.25, 0.3) is 0 Å². The van der Waals surface area contributed by atoms with E-state index in [4.69, 9.17) is 9.47 Å². The maximum atomic E-state index is 12.0. The van der Waals surface area contributed by atoms with Crippen molar-refractivity contribution in [3.05, 3.63) is 47.5 Å². The number of benzene rings is 2. The lowest BCUT2D eigenvalue weighted by Gasteiger charge is -2.22. The fourth-order valence-electron chi connectivity index (χ4n) is 3.53. The average Bonchev–Trinajstić information content (AvgIpc) is 2.86. The van der Waals surface area contributed by atoms with E-state index in [1.807, 2.05) is 36.4 Å². The monoisotopic (exact) mass is 468 g/mol. The van der Waals surface area contributed by atoms with Crippen LogP contribution in [0.2, 0.25) is 0 Å². The minimum Gasteiger partial charge on any atom is -0.496 e. The minimum absolute atomic E-state index is 0.565. The fraction of sp³-hybridized carbons (Fsp3) is 0.400. The lowest BCUT2D eigenvalue weighted by atomic mass is 10.2. The first kappa shape index (κ1) is 26.5. The van der Waals surface area contributed by atoms with E-state index in [0.717, 1.165) is 48.7 Å². The number of nitrogens with one attached hydrogen (secondary N) is 2. The lowest BCUT2D eigenvalue weighted by Crippen LogP contribution is -2.28. The first-order valence-corrected chi connectivity index (χ1v) is 11.5. The topological polar surface area (TPSA) is 90.8 Å². The second kappa shape index (κ2) is 13.7. The molecular formula is C25H36N6O3. The molecule has 0 spiro atoms. The quantitative estimate of drug-likeness (QED) is 0.362. The number of hydrazone groups is 2. The second-order valence-corrected chi connectivity index (χ2v) is 7.27. The molecule has 34 heavy (non-hydrogen) atoms. The molecule has 0 atom stereocenters. The van der Waals surface area contributed by atoms with Crippen molar-refractivity contribution in [1.82, 2.24) is 10.9 Å². The number of rotatable bonds is 12. The molecule has 0 saturated carbocycles. The summed E-state index contributed by atoms with van der Waals surface area (Å²) in [6.07, 6.45) is 3.06. The molecule has 0 aliphatic carbocycles. The Balaban J connectivity index is 1.98. The molecule has 2 aromatic carbocycles. The number of methoxy groups -OCH3 is 2. The highest BCUT2D eigenvalue weighted by Gasteiger charge is 2.08. The van der Waals surface area contributed by atoms with Gasteiger partial charge in [0, 0.05) is 60.8 Å². The normalized spacial score (nSPS) is 11.0. The van der Waals surface area contributed by atoms with E-state index >= 15 is 0 Å².